The highest BCUT2D eigenvalue weighted by Crippen LogP contribution is 2.29. The van der Waals surface area contributed by atoms with Crippen molar-refractivity contribution in [2.45, 2.75) is 12.5 Å². The molecular formula is C15H13BrClFO2. The largest absolute Gasteiger partial charge is 0.496 e. The van der Waals surface area contributed by atoms with Gasteiger partial charge in [-0.25, -0.2) is 4.39 Å². The zero-order valence-electron chi connectivity index (χ0n) is 10.7. The molecule has 0 radical (unpaired) electrons. The zero-order chi connectivity index (χ0) is 14.7. The van der Waals surface area contributed by atoms with E-state index >= 15 is 0 Å². The van der Waals surface area contributed by atoms with E-state index in [9.17, 15) is 9.50 Å². The van der Waals surface area contributed by atoms with Gasteiger partial charge in [0.25, 0.3) is 0 Å². The Kier molecular flexibility index (Phi) is 5.02. The van der Waals surface area contributed by atoms with E-state index in [4.69, 9.17) is 16.3 Å². The van der Waals surface area contributed by atoms with Gasteiger partial charge in [0, 0.05) is 11.4 Å². The van der Waals surface area contributed by atoms with Gasteiger partial charge in [0.05, 0.1) is 17.7 Å². The minimum atomic E-state index is -0.765. The molecule has 0 aliphatic carbocycles. The Hall–Kier alpha value is -1.10. The maximum atomic E-state index is 13.2. The van der Waals surface area contributed by atoms with Crippen molar-refractivity contribution in [3.63, 3.8) is 0 Å². The zero-order valence-corrected chi connectivity index (χ0v) is 13.1. The van der Waals surface area contributed by atoms with E-state index in [0.717, 1.165) is 5.56 Å². The lowest BCUT2D eigenvalue weighted by Gasteiger charge is -2.14. The number of halogens is 3. The third-order valence-electron chi connectivity index (χ3n) is 2.98. The van der Waals surface area contributed by atoms with Crippen molar-refractivity contribution in [1.29, 1.82) is 0 Å². The lowest BCUT2D eigenvalue weighted by molar-refractivity contribution is 0.177. The molecule has 20 heavy (non-hydrogen) atoms. The summed E-state index contributed by atoms with van der Waals surface area (Å²) in [6, 6.07) is 9.68. The van der Waals surface area contributed by atoms with E-state index in [1.165, 1.54) is 6.07 Å². The summed E-state index contributed by atoms with van der Waals surface area (Å²) in [5.74, 6) is 0.302. The summed E-state index contributed by atoms with van der Waals surface area (Å²) < 4.78 is 18.8. The van der Waals surface area contributed by atoms with Crippen molar-refractivity contribution < 1.29 is 14.2 Å². The molecule has 1 N–H and O–H groups in total. The van der Waals surface area contributed by atoms with Crippen LogP contribution in [0.15, 0.2) is 40.9 Å². The smallest absolute Gasteiger partial charge is 0.137 e. The number of aliphatic hydroxyl groups excluding tert-OH is 1. The molecule has 2 rings (SSSR count). The van der Waals surface area contributed by atoms with E-state index in [1.54, 1.807) is 37.4 Å². The Bertz CT molecular complexity index is 619. The van der Waals surface area contributed by atoms with Crippen molar-refractivity contribution in [3.05, 3.63) is 62.8 Å². The number of hydrogen-bond acceptors (Lipinski definition) is 2. The Morgan fingerprint density at radius 2 is 2.05 bits per heavy atom. The van der Waals surface area contributed by atoms with Crippen LogP contribution in [0.3, 0.4) is 0 Å². The van der Waals surface area contributed by atoms with E-state index in [-0.39, 0.29) is 5.82 Å². The first kappa shape index (κ1) is 15.3. The molecule has 0 aliphatic rings. The summed E-state index contributed by atoms with van der Waals surface area (Å²) in [5.41, 5.74) is 1.42. The van der Waals surface area contributed by atoms with E-state index in [1.807, 2.05) is 0 Å². The average Bonchev–Trinajstić information content (AvgIpc) is 2.42. The third-order valence-corrected chi connectivity index (χ3v) is 3.83. The molecule has 0 fully saturated rings. The highest BCUT2D eigenvalue weighted by atomic mass is 79.9. The molecular weight excluding hydrogens is 347 g/mol. The Labute approximate surface area is 130 Å². The van der Waals surface area contributed by atoms with Crippen molar-refractivity contribution in [1.82, 2.24) is 0 Å². The van der Waals surface area contributed by atoms with Gasteiger partial charge in [0.2, 0.25) is 0 Å². The Balaban J connectivity index is 2.24. The third kappa shape index (κ3) is 3.51. The lowest BCUT2D eigenvalue weighted by Crippen LogP contribution is -2.04. The molecule has 0 saturated carbocycles. The second-order valence-electron chi connectivity index (χ2n) is 4.35. The van der Waals surface area contributed by atoms with E-state index < -0.39 is 6.10 Å². The fraction of sp³-hybridized carbons (Fsp3) is 0.200. The maximum absolute atomic E-state index is 13.2. The van der Waals surface area contributed by atoms with Crippen LogP contribution in [-0.2, 0) is 6.42 Å². The van der Waals surface area contributed by atoms with Crippen LogP contribution in [0.1, 0.15) is 17.2 Å². The summed E-state index contributed by atoms with van der Waals surface area (Å²) in [6.45, 7) is 0. The summed E-state index contributed by atoms with van der Waals surface area (Å²) >= 11 is 9.06. The first-order valence-electron chi connectivity index (χ1n) is 5.96. The molecule has 2 aromatic carbocycles. The molecule has 0 bridgehead atoms. The Morgan fingerprint density at radius 1 is 1.30 bits per heavy atom. The summed E-state index contributed by atoms with van der Waals surface area (Å²) in [6.07, 6.45) is -0.429. The number of methoxy groups -OCH3 is 1. The quantitative estimate of drug-likeness (QED) is 0.869. The van der Waals surface area contributed by atoms with Gasteiger partial charge in [0.1, 0.15) is 11.6 Å². The lowest BCUT2D eigenvalue weighted by atomic mass is 10.0. The molecule has 2 aromatic rings. The van der Waals surface area contributed by atoms with Crippen molar-refractivity contribution in [2.24, 2.45) is 0 Å². The van der Waals surface area contributed by atoms with Crippen molar-refractivity contribution in [3.8, 4) is 5.75 Å². The van der Waals surface area contributed by atoms with Crippen LogP contribution < -0.4 is 4.74 Å². The fourth-order valence-corrected chi connectivity index (χ4v) is 2.54. The molecule has 0 saturated heterocycles. The van der Waals surface area contributed by atoms with Crippen LogP contribution >= 0.6 is 27.5 Å². The molecule has 0 heterocycles. The highest BCUT2D eigenvalue weighted by Gasteiger charge is 2.14. The molecule has 0 amide bonds. The predicted molar refractivity (Wildman–Crippen MR) is 80.8 cm³/mol. The van der Waals surface area contributed by atoms with Crippen LogP contribution in [-0.4, -0.2) is 12.2 Å². The van der Waals surface area contributed by atoms with Gasteiger partial charge in [0.15, 0.2) is 0 Å². The molecule has 0 aromatic heterocycles. The summed E-state index contributed by atoms with van der Waals surface area (Å²) in [7, 11) is 1.56. The van der Waals surface area contributed by atoms with Gasteiger partial charge in [-0.15, -0.1) is 0 Å². The number of aliphatic hydroxyl groups is 1. The van der Waals surface area contributed by atoms with Crippen LogP contribution in [0, 0.1) is 5.82 Å². The molecule has 0 spiro atoms. The number of hydrogen-bond donors (Lipinski definition) is 1. The van der Waals surface area contributed by atoms with Gasteiger partial charge in [-0.3, -0.25) is 0 Å². The summed E-state index contributed by atoms with van der Waals surface area (Å²) in [5, 5.41) is 10.8. The molecule has 1 atom stereocenters. The van der Waals surface area contributed by atoms with Crippen LogP contribution in [0.2, 0.25) is 5.02 Å². The standard InChI is InChI=1S/C15H13BrClFO2/c1-20-15-5-3-11(17)6-10(15)8-14(19)9-2-4-13(18)12(16)7-9/h2-7,14,19H,8H2,1H3. The number of benzene rings is 2. The molecule has 2 nitrogen and oxygen atoms in total. The van der Waals surface area contributed by atoms with Crippen molar-refractivity contribution >= 4 is 27.5 Å². The monoisotopic (exact) mass is 358 g/mol. The van der Waals surface area contributed by atoms with Crippen molar-refractivity contribution in [2.75, 3.05) is 7.11 Å². The molecule has 1 unspecified atom stereocenters. The van der Waals surface area contributed by atoms with Crippen LogP contribution in [0.5, 0.6) is 5.75 Å². The maximum Gasteiger partial charge on any atom is 0.137 e. The molecule has 106 valence electrons. The SMILES string of the molecule is COc1ccc(Cl)cc1CC(O)c1ccc(F)c(Br)c1. The average molecular weight is 360 g/mol. The van der Waals surface area contributed by atoms with Gasteiger partial charge >= 0.3 is 0 Å². The van der Waals surface area contributed by atoms with Gasteiger partial charge in [-0.1, -0.05) is 17.7 Å². The minimum absolute atomic E-state index is 0.326. The normalized spacial score (nSPS) is 12.2. The second kappa shape index (κ2) is 6.57. The minimum Gasteiger partial charge on any atom is -0.496 e. The highest BCUT2D eigenvalue weighted by molar-refractivity contribution is 9.10. The van der Waals surface area contributed by atoms with Crippen LogP contribution in [0.4, 0.5) is 4.39 Å². The Morgan fingerprint density at radius 3 is 2.70 bits per heavy atom. The van der Waals surface area contributed by atoms with E-state index in [2.05, 4.69) is 15.9 Å². The first-order chi connectivity index (χ1) is 9.51. The summed E-state index contributed by atoms with van der Waals surface area (Å²) in [4.78, 5) is 0. The van der Waals surface area contributed by atoms with Gasteiger partial charge in [-0.2, -0.15) is 0 Å². The van der Waals surface area contributed by atoms with Crippen LogP contribution in [0.25, 0.3) is 0 Å². The van der Waals surface area contributed by atoms with Gasteiger partial charge < -0.3 is 9.84 Å². The molecule has 5 heteroatoms. The number of ether oxygens (including phenoxy) is 1. The fourth-order valence-electron chi connectivity index (χ4n) is 1.95. The first-order valence-corrected chi connectivity index (χ1v) is 7.14. The van der Waals surface area contributed by atoms with E-state index in [0.29, 0.717) is 27.2 Å². The predicted octanol–water partition coefficient (Wildman–Crippen LogP) is 4.53. The second-order valence-corrected chi connectivity index (χ2v) is 5.64. The molecule has 0 aliphatic heterocycles. The topological polar surface area (TPSA) is 29.5 Å². The number of rotatable bonds is 4. The van der Waals surface area contributed by atoms with Gasteiger partial charge in [-0.05, 0) is 57.4 Å².